The van der Waals surface area contributed by atoms with Gasteiger partial charge in [0, 0.05) is 26.2 Å². The summed E-state index contributed by atoms with van der Waals surface area (Å²) in [5, 5.41) is 7.05. The molecule has 2 saturated heterocycles. The first-order chi connectivity index (χ1) is 14.3. The van der Waals surface area contributed by atoms with E-state index in [2.05, 4.69) is 30.5 Å². The largest absolute Gasteiger partial charge is 0.470 e. The maximum Gasteiger partial charge on any atom is 0.243 e. The van der Waals surface area contributed by atoms with Crippen molar-refractivity contribution in [1.29, 1.82) is 0 Å². The molecule has 1 amide bonds. The second kappa shape index (κ2) is 7.92. The molecule has 0 spiro atoms. The molecule has 2 aliphatic rings. The van der Waals surface area contributed by atoms with Gasteiger partial charge in [-0.1, -0.05) is 41.7 Å². The molecule has 29 heavy (non-hydrogen) atoms. The van der Waals surface area contributed by atoms with Gasteiger partial charge < -0.3 is 20.3 Å². The number of fused-ring (bicyclic) bond motifs is 1. The van der Waals surface area contributed by atoms with Crippen molar-refractivity contribution in [2.75, 3.05) is 24.5 Å². The van der Waals surface area contributed by atoms with E-state index in [4.69, 9.17) is 4.74 Å². The van der Waals surface area contributed by atoms with Crippen LogP contribution in [0.2, 0.25) is 0 Å². The van der Waals surface area contributed by atoms with Gasteiger partial charge in [0.25, 0.3) is 0 Å². The maximum absolute atomic E-state index is 12.8. The number of carbonyl (C=O) groups excluding carboxylic acids is 1. The van der Waals surface area contributed by atoms with E-state index in [1.165, 1.54) is 17.7 Å². The fourth-order valence-electron chi connectivity index (χ4n) is 3.60. The maximum atomic E-state index is 12.8. The molecule has 3 aromatic rings. The topological polar surface area (TPSA) is 92.3 Å². The zero-order valence-electron chi connectivity index (χ0n) is 15.9. The minimum atomic E-state index is -0.215. The first-order valence-corrected chi connectivity index (χ1v) is 10.7. The van der Waals surface area contributed by atoms with E-state index in [-0.39, 0.29) is 18.1 Å². The highest BCUT2D eigenvalue weighted by atomic mass is 32.1. The van der Waals surface area contributed by atoms with Crippen molar-refractivity contribution in [3.05, 3.63) is 42.2 Å². The molecular weight excluding hydrogens is 388 g/mol. The van der Waals surface area contributed by atoms with Crippen molar-refractivity contribution in [2.24, 2.45) is 0 Å². The van der Waals surface area contributed by atoms with E-state index in [0.717, 1.165) is 47.9 Å². The van der Waals surface area contributed by atoms with Crippen LogP contribution in [0, 0.1) is 0 Å². The molecule has 0 radical (unpaired) electrons. The monoisotopic (exact) mass is 410 g/mol. The lowest BCUT2D eigenvalue weighted by molar-refractivity contribution is -0.122. The van der Waals surface area contributed by atoms with Gasteiger partial charge >= 0.3 is 0 Å². The van der Waals surface area contributed by atoms with Crippen LogP contribution < -0.4 is 20.3 Å². The number of amides is 1. The van der Waals surface area contributed by atoms with Gasteiger partial charge in [0.15, 0.2) is 10.8 Å². The van der Waals surface area contributed by atoms with Crippen LogP contribution >= 0.6 is 11.3 Å². The summed E-state index contributed by atoms with van der Waals surface area (Å²) in [6, 6.07) is 9.73. The summed E-state index contributed by atoms with van der Waals surface area (Å²) in [5.74, 6) is 0.614. The van der Waals surface area contributed by atoms with Crippen LogP contribution in [0.5, 0.6) is 5.88 Å². The van der Waals surface area contributed by atoms with E-state index in [0.29, 0.717) is 18.1 Å². The molecule has 1 aromatic carbocycles. The van der Waals surface area contributed by atoms with Gasteiger partial charge in [0.05, 0.1) is 0 Å². The fraction of sp³-hybridized carbons (Fsp3) is 0.400. The Labute approximate surface area is 172 Å². The normalized spacial score (nSPS) is 19.3. The highest BCUT2D eigenvalue weighted by molar-refractivity contribution is 7.22. The number of anilines is 1. The second-order valence-electron chi connectivity index (χ2n) is 7.28. The Balaban J connectivity index is 1.33. The number of ether oxygens (including phenoxy) is 1. The Kier molecular flexibility index (Phi) is 4.99. The molecular formula is C20H22N6O2S. The molecule has 0 bridgehead atoms. The lowest BCUT2D eigenvalue weighted by Crippen LogP contribution is -2.50. The minimum absolute atomic E-state index is 0.0358. The SMILES string of the molecule is O=C(NCc1ccccc1)C1CCCN1c1nc2ncnc(OC3CNC3)c2s1. The van der Waals surface area contributed by atoms with Crippen LogP contribution in [-0.2, 0) is 11.3 Å². The predicted molar refractivity (Wildman–Crippen MR) is 111 cm³/mol. The number of rotatable bonds is 6. The third-order valence-electron chi connectivity index (χ3n) is 5.28. The second-order valence-corrected chi connectivity index (χ2v) is 8.26. The van der Waals surface area contributed by atoms with Gasteiger partial charge in [-0.3, -0.25) is 4.79 Å². The molecule has 5 rings (SSSR count). The van der Waals surface area contributed by atoms with E-state index < -0.39 is 0 Å². The number of nitrogens with one attached hydrogen (secondary N) is 2. The third kappa shape index (κ3) is 3.75. The average Bonchev–Trinajstić information content (AvgIpc) is 3.36. The summed E-state index contributed by atoms with van der Waals surface area (Å²) in [6.07, 6.45) is 3.41. The molecule has 2 fully saturated rings. The smallest absolute Gasteiger partial charge is 0.243 e. The van der Waals surface area contributed by atoms with E-state index in [1.54, 1.807) is 0 Å². The summed E-state index contributed by atoms with van der Waals surface area (Å²) in [6.45, 7) is 2.99. The molecule has 2 aromatic heterocycles. The summed E-state index contributed by atoms with van der Waals surface area (Å²) >= 11 is 1.50. The molecule has 0 saturated carbocycles. The van der Waals surface area contributed by atoms with Gasteiger partial charge in [-0.05, 0) is 18.4 Å². The molecule has 2 aliphatic heterocycles. The summed E-state index contributed by atoms with van der Waals surface area (Å²) in [4.78, 5) is 28.2. The Hall–Kier alpha value is -2.78. The van der Waals surface area contributed by atoms with Crippen LogP contribution in [0.3, 0.4) is 0 Å². The van der Waals surface area contributed by atoms with Crippen molar-refractivity contribution >= 4 is 32.7 Å². The number of aromatic nitrogens is 3. The van der Waals surface area contributed by atoms with Crippen LogP contribution in [0.4, 0.5) is 5.13 Å². The number of hydrogen-bond donors (Lipinski definition) is 2. The third-order valence-corrected chi connectivity index (χ3v) is 6.35. The molecule has 9 heteroatoms. The standard InChI is InChI=1S/C20H22N6O2S/c27-18(22-9-13-5-2-1-3-6-13)15-7-4-8-26(15)20-25-17-16(29-20)19(24-12-23-17)28-14-10-21-11-14/h1-3,5-6,12,14-15,21H,4,7-11H2,(H,22,27). The van der Waals surface area contributed by atoms with Gasteiger partial charge in [-0.2, -0.15) is 4.98 Å². The van der Waals surface area contributed by atoms with Gasteiger partial charge in [-0.25, -0.2) is 9.97 Å². The number of thiazole rings is 1. The zero-order valence-corrected chi connectivity index (χ0v) is 16.7. The number of hydrogen-bond acceptors (Lipinski definition) is 8. The fourth-order valence-corrected chi connectivity index (χ4v) is 4.63. The first kappa shape index (κ1) is 18.3. The van der Waals surface area contributed by atoms with Crippen molar-refractivity contribution < 1.29 is 9.53 Å². The molecule has 1 atom stereocenters. The molecule has 0 aliphatic carbocycles. The molecule has 8 nitrogen and oxygen atoms in total. The molecule has 150 valence electrons. The minimum Gasteiger partial charge on any atom is -0.470 e. The lowest BCUT2D eigenvalue weighted by atomic mass is 10.2. The Morgan fingerprint density at radius 3 is 2.93 bits per heavy atom. The lowest BCUT2D eigenvalue weighted by Gasteiger charge is -2.27. The molecule has 4 heterocycles. The van der Waals surface area contributed by atoms with Gasteiger partial charge in [-0.15, -0.1) is 0 Å². The van der Waals surface area contributed by atoms with Crippen molar-refractivity contribution in [2.45, 2.75) is 31.5 Å². The Bertz CT molecular complexity index is 1010. The van der Waals surface area contributed by atoms with E-state index in [1.807, 2.05) is 30.3 Å². The van der Waals surface area contributed by atoms with Crippen molar-refractivity contribution in [3.8, 4) is 5.88 Å². The highest BCUT2D eigenvalue weighted by Crippen LogP contribution is 2.36. The van der Waals surface area contributed by atoms with Crippen molar-refractivity contribution in [1.82, 2.24) is 25.6 Å². The highest BCUT2D eigenvalue weighted by Gasteiger charge is 2.33. The Morgan fingerprint density at radius 1 is 1.28 bits per heavy atom. The number of benzene rings is 1. The van der Waals surface area contributed by atoms with E-state index >= 15 is 0 Å². The number of nitrogens with zero attached hydrogens (tertiary/aromatic N) is 4. The van der Waals surface area contributed by atoms with Crippen LogP contribution in [0.25, 0.3) is 10.3 Å². The zero-order chi connectivity index (χ0) is 19.6. The first-order valence-electron chi connectivity index (χ1n) is 9.85. The van der Waals surface area contributed by atoms with Gasteiger partial charge in [0.2, 0.25) is 11.8 Å². The van der Waals surface area contributed by atoms with Crippen LogP contribution in [0.15, 0.2) is 36.7 Å². The van der Waals surface area contributed by atoms with Gasteiger partial charge in [0.1, 0.15) is 23.2 Å². The molecule has 1 unspecified atom stereocenters. The molecule has 2 N–H and O–H groups in total. The average molecular weight is 411 g/mol. The van der Waals surface area contributed by atoms with E-state index in [9.17, 15) is 4.79 Å². The summed E-state index contributed by atoms with van der Waals surface area (Å²) in [7, 11) is 0. The number of carbonyl (C=O) groups is 1. The Morgan fingerprint density at radius 2 is 2.14 bits per heavy atom. The predicted octanol–water partition coefficient (Wildman–Crippen LogP) is 1.72. The summed E-state index contributed by atoms with van der Waals surface area (Å²) < 4.78 is 6.80. The van der Waals surface area contributed by atoms with Crippen LogP contribution in [-0.4, -0.2) is 52.6 Å². The van der Waals surface area contributed by atoms with Crippen LogP contribution in [0.1, 0.15) is 18.4 Å². The quantitative estimate of drug-likeness (QED) is 0.639. The summed E-state index contributed by atoms with van der Waals surface area (Å²) in [5.41, 5.74) is 1.71. The van der Waals surface area contributed by atoms with Crippen molar-refractivity contribution in [3.63, 3.8) is 0 Å².